The summed E-state index contributed by atoms with van der Waals surface area (Å²) in [5, 5.41) is 4.02. The van der Waals surface area contributed by atoms with Crippen molar-refractivity contribution < 1.29 is 9.59 Å². The van der Waals surface area contributed by atoms with E-state index in [1.807, 2.05) is 43.3 Å². The number of aromatic nitrogens is 1. The number of anilines is 1. The van der Waals surface area contributed by atoms with E-state index in [0.29, 0.717) is 23.2 Å². The number of thiazole rings is 1. The second-order valence-electron chi connectivity index (χ2n) is 6.78. The highest BCUT2D eigenvalue weighted by molar-refractivity contribution is 7.22. The van der Waals surface area contributed by atoms with Gasteiger partial charge in [-0.25, -0.2) is 4.98 Å². The lowest BCUT2D eigenvalue weighted by Crippen LogP contribution is -2.28. The minimum absolute atomic E-state index is 0.00630. The number of aryl methyl sites for hydroxylation is 1. The maximum absolute atomic E-state index is 12.6. The van der Waals surface area contributed by atoms with Crippen LogP contribution in [0.25, 0.3) is 10.2 Å². The molecule has 0 bridgehead atoms. The monoisotopic (exact) mass is 399 g/mol. The van der Waals surface area contributed by atoms with E-state index >= 15 is 0 Å². The number of hydrogen-bond donors (Lipinski definition) is 1. The van der Waals surface area contributed by atoms with E-state index in [-0.39, 0.29) is 24.2 Å². The van der Waals surface area contributed by atoms with E-state index < -0.39 is 0 Å². The van der Waals surface area contributed by atoms with Gasteiger partial charge in [-0.1, -0.05) is 52.8 Å². The van der Waals surface area contributed by atoms with Crippen LogP contribution in [0.1, 0.15) is 17.5 Å². The summed E-state index contributed by atoms with van der Waals surface area (Å²) in [6.45, 7) is 2.99. The Morgan fingerprint density at radius 3 is 2.85 bits per heavy atom. The second-order valence-corrected chi connectivity index (χ2v) is 8.25. The SMILES string of the molecule is Cc1ccc(CN2CC(C(=O)Nc3nc4ccc(Cl)cc4s3)CC2=O)cc1. The van der Waals surface area contributed by atoms with E-state index in [1.165, 1.54) is 16.9 Å². The second kappa shape index (κ2) is 7.29. The predicted octanol–water partition coefficient (Wildman–Crippen LogP) is 4.25. The predicted molar refractivity (Wildman–Crippen MR) is 108 cm³/mol. The van der Waals surface area contributed by atoms with Gasteiger partial charge in [0.05, 0.1) is 16.1 Å². The number of carbonyl (C=O) groups excluding carboxylic acids is 2. The summed E-state index contributed by atoms with van der Waals surface area (Å²) >= 11 is 7.37. The standard InChI is InChI=1S/C20H18ClN3O2S/c1-12-2-4-13(5-3-12)10-24-11-14(8-18(24)25)19(26)23-20-22-16-7-6-15(21)9-17(16)27-20/h2-7,9,14H,8,10-11H2,1H3,(H,22,23,26). The lowest BCUT2D eigenvalue weighted by Gasteiger charge is -2.16. The summed E-state index contributed by atoms with van der Waals surface area (Å²) in [6.07, 6.45) is 0.231. The van der Waals surface area contributed by atoms with Gasteiger partial charge in [-0.3, -0.25) is 9.59 Å². The van der Waals surface area contributed by atoms with Gasteiger partial charge < -0.3 is 10.2 Å². The molecule has 0 aliphatic carbocycles. The van der Waals surface area contributed by atoms with Crippen molar-refractivity contribution in [2.75, 3.05) is 11.9 Å². The molecule has 1 unspecified atom stereocenters. The van der Waals surface area contributed by atoms with Crippen LogP contribution in [-0.4, -0.2) is 28.2 Å². The molecule has 0 spiro atoms. The third-order valence-corrected chi connectivity index (χ3v) is 5.83. The van der Waals surface area contributed by atoms with E-state index in [9.17, 15) is 9.59 Å². The topological polar surface area (TPSA) is 62.3 Å². The molecule has 27 heavy (non-hydrogen) atoms. The molecular formula is C20H18ClN3O2S. The van der Waals surface area contributed by atoms with Crippen molar-refractivity contribution in [2.24, 2.45) is 5.92 Å². The van der Waals surface area contributed by atoms with Crippen molar-refractivity contribution in [1.29, 1.82) is 0 Å². The van der Waals surface area contributed by atoms with Gasteiger partial charge in [0.2, 0.25) is 11.8 Å². The molecule has 1 aliphatic rings. The van der Waals surface area contributed by atoms with Crippen LogP contribution in [-0.2, 0) is 16.1 Å². The molecule has 1 aromatic heterocycles. The number of rotatable bonds is 4. The Morgan fingerprint density at radius 1 is 1.30 bits per heavy atom. The fourth-order valence-electron chi connectivity index (χ4n) is 3.17. The van der Waals surface area contributed by atoms with Gasteiger partial charge in [-0.05, 0) is 30.7 Å². The van der Waals surface area contributed by atoms with Crippen molar-refractivity contribution >= 4 is 50.1 Å². The number of nitrogens with one attached hydrogen (secondary N) is 1. The molecule has 7 heteroatoms. The van der Waals surface area contributed by atoms with Crippen molar-refractivity contribution in [2.45, 2.75) is 19.9 Å². The Hall–Kier alpha value is -2.44. The van der Waals surface area contributed by atoms with E-state index in [1.54, 1.807) is 11.0 Å². The Labute approximate surface area is 166 Å². The quantitative estimate of drug-likeness (QED) is 0.713. The molecule has 1 atom stereocenters. The van der Waals surface area contributed by atoms with Gasteiger partial charge >= 0.3 is 0 Å². The first-order valence-corrected chi connectivity index (χ1v) is 9.87. The van der Waals surface area contributed by atoms with Crippen LogP contribution < -0.4 is 5.32 Å². The Morgan fingerprint density at radius 2 is 2.07 bits per heavy atom. The largest absolute Gasteiger partial charge is 0.338 e. The number of benzene rings is 2. The molecule has 1 fully saturated rings. The summed E-state index contributed by atoms with van der Waals surface area (Å²) in [7, 11) is 0. The third kappa shape index (κ3) is 3.96. The van der Waals surface area contributed by atoms with E-state index in [0.717, 1.165) is 15.8 Å². The fraction of sp³-hybridized carbons (Fsp3) is 0.250. The molecule has 1 aliphatic heterocycles. The average molecular weight is 400 g/mol. The summed E-state index contributed by atoms with van der Waals surface area (Å²) in [5.74, 6) is -0.523. The molecule has 0 radical (unpaired) electrons. The summed E-state index contributed by atoms with van der Waals surface area (Å²) < 4.78 is 0.918. The average Bonchev–Trinajstić information content (AvgIpc) is 3.19. The first kappa shape index (κ1) is 17.9. The zero-order valence-electron chi connectivity index (χ0n) is 14.7. The van der Waals surface area contributed by atoms with Gasteiger partial charge in [-0.2, -0.15) is 0 Å². The van der Waals surface area contributed by atoms with Gasteiger partial charge in [0.25, 0.3) is 0 Å². The summed E-state index contributed by atoms with van der Waals surface area (Å²) in [5.41, 5.74) is 3.04. The number of fused-ring (bicyclic) bond motifs is 1. The molecule has 3 aromatic rings. The van der Waals surface area contributed by atoms with Crippen LogP contribution in [0.5, 0.6) is 0 Å². The Balaban J connectivity index is 1.41. The molecule has 5 nitrogen and oxygen atoms in total. The molecule has 138 valence electrons. The van der Waals surface area contributed by atoms with Gasteiger partial charge in [0.1, 0.15) is 0 Å². The maximum Gasteiger partial charge on any atom is 0.231 e. The molecule has 2 heterocycles. The molecular weight excluding hydrogens is 382 g/mol. The minimum Gasteiger partial charge on any atom is -0.338 e. The van der Waals surface area contributed by atoms with Crippen LogP contribution in [0.3, 0.4) is 0 Å². The third-order valence-electron chi connectivity index (χ3n) is 4.66. The number of nitrogens with zero attached hydrogens (tertiary/aromatic N) is 2. The number of carbonyl (C=O) groups is 2. The normalized spacial score (nSPS) is 16.9. The minimum atomic E-state index is -0.362. The van der Waals surface area contributed by atoms with Crippen LogP contribution in [0, 0.1) is 12.8 Å². The highest BCUT2D eigenvalue weighted by Crippen LogP contribution is 2.29. The highest BCUT2D eigenvalue weighted by atomic mass is 35.5. The van der Waals surface area contributed by atoms with Crippen LogP contribution in [0.2, 0.25) is 5.02 Å². The molecule has 4 rings (SSSR count). The molecule has 2 amide bonds. The van der Waals surface area contributed by atoms with E-state index in [2.05, 4.69) is 10.3 Å². The van der Waals surface area contributed by atoms with Crippen LogP contribution in [0.15, 0.2) is 42.5 Å². The summed E-state index contributed by atoms with van der Waals surface area (Å²) in [6, 6.07) is 13.5. The van der Waals surface area contributed by atoms with Gasteiger partial charge in [0.15, 0.2) is 5.13 Å². The van der Waals surface area contributed by atoms with Crippen molar-refractivity contribution in [3.05, 3.63) is 58.6 Å². The number of hydrogen-bond acceptors (Lipinski definition) is 4. The molecule has 1 saturated heterocycles. The van der Waals surface area contributed by atoms with Crippen LogP contribution in [0.4, 0.5) is 5.13 Å². The van der Waals surface area contributed by atoms with Crippen molar-refractivity contribution in [3.63, 3.8) is 0 Å². The smallest absolute Gasteiger partial charge is 0.231 e. The fourth-order valence-corrected chi connectivity index (χ4v) is 4.32. The zero-order valence-corrected chi connectivity index (χ0v) is 16.3. The van der Waals surface area contributed by atoms with Gasteiger partial charge in [0, 0.05) is 24.5 Å². The maximum atomic E-state index is 12.6. The van der Waals surface area contributed by atoms with E-state index in [4.69, 9.17) is 11.6 Å². The Kier molecular flexibility index (Phi) is 4.85. The zero-order chi connectivity index (χ0) is 19.0. The number of halogens is 1. The lowest BCUT2D eigenvalue weighted by molar-refractivity contribution is -0.128. The number of likely N-dealkylation sites (tertiary alicyclic amines) is 1. The first-order chi connectivity index (χ1) is 13.0. The highest BCUT2D eigenvalue weighted by Gasteiger charge is 2.34. The van der Waals surface area contributed by atoms with Crippen LogP contribution >= 0.6 is 22.9 Å². The number of amides is 2. The van der Waals surface area contributed by atoms with Gasteiger partial charge in [-0.15, -0.1) is 0 Å². The Bertz CT molecular complexity index is 1020. The molecule has 1 N–H and O–H groups in total. The van der Waals surface area contributed by atoms with Crippen molar-refractivity contribution in [1.82, 2.24) is 9.88 Å². The summed E-state index contributed by atoms with van der Waals surface area (Å²) in [4.78, 5) is 31.1. The first-order valence-electron chi connectivity index (χ1n) is 8.68. The lowest BCUT2D eigenvalue weighted by atomic mass is 10.1. The molecule has 2 aromatic carbocycles. The van der Waals surface area contributed by atoms with Crippen molar-refractivity contribution in [3.8, 4) is 0 Å². The molecule has 0 saturated carbocycles.